The van der Waals surface area contributed by atoms with E-state index in [1.807, 2.05) is 11.3 Å². The maximum absolute atomic E-state index is 2.74. The number of aryl methyl sites for hydroxylation is 2. The zero-order valence-corrected chi connectivity index (χ0v) is 41.5. The van der Waals surface area contributed by atoms with Crippen LogP contribution >= 0.6 is 11.3 Å². The quantitative estimate of drug-likeness (QED) is 0.160. The summed E-state index contributed by atoms with van der Waals surface area (Å²) >= 11 is 1.98. The molecule has 2 aliphatic heterocycles. The molecule has 62 heavy (non-hydrogen) atoms. The molecule has 0 atom stereocenters. The standard InChI is InChI=1S/C58H69BN2S/c1-34-27-47-51-48(28-34)61(45-32-42-40(29-35(45)2)55(9,10)23-25-57(42,13)14)46-33-43-41(56(11,12)24-26-58(43,15)16)31-44(46)59(51)50-39-30-37(54(6,7)8)19-22-49(39)62-52(50)60(47)38-20-17-36(18-21-38)53(3,4)5/h17-22,27-33H,23-26H2,1-16H3. The van der Waals surface area contributed by atoms with Gasteiger partial charge < -0.3 is 9.80 Å². The van der Waals surface area contributed by atoms with E-state index in [4.69, 9.17) is 0 Å². The molecule has 5 aromatic carbocycles. The summed E-state index contributed by atoms with van der Waals surface area (Å²) in [4.78, 5) is 5.38. The number of thiophene rings is 1. The number of hydrogen-bond acceptors (Lipinski definition) is 3. The summed E-state index contributed by atoms with van der Waals surface area (Å²) in [7, 11) is 0. The number of fused-ring (bicyclic) bond motifs is 8. The van der Waals surface area contributed by atoms with Gasteiger partial charge in [-0.15, -0.1) is 11.3 Å². The zero-order valence-electron chi connectivity index (χ0n) is 40.7. The molecule has 2 aliphatic carbocycles. The first-order valence-electron chi connectivity index (χ1n) is 23.6. The van der Waals surface area contributed by atoms with Crippen molar-refractivity contribution in [3.05, 3.63) is 123 Å². The van der Waals surface area contributed by atoms with Crippen molar-refractivity contribution >= 4 is 78.0 Å². The second-order valence-electron chi connectivity index (χ2n) is 24.6. The van der Waals surface area contributed by atoms with Gasteiger partial charge in [0.1, 0.15) is 0 Å². The monoisotopic (exact) mass is 837 g/mol. The summed E-state index contributed by atoms with van der Waals surface area (Å²) < 4.78 is 1.36. The molecule has 4 heteroatoms. The molecule has 0 fully saturated rings. The number of rotatable bonds is 2. The van der Waals surface area contributed by atoms with E-state index in [2.05, 4.69) is 199 Å². The highest BCUT2D eigenvalue weighted by atomic mass is 32.1. The minimum atomic E-state index is 0.0304. The van der Waals surface area contributed by atoms with Gasteiger partial charge in [0, 0.05) is 33.1 Å². The van der Waals surface area contributed by atoms with E-state index < -0.39 is 0 Å². The van der Waals surface area contributed by atoms with Gasteiger partial charge in [-0.2, -0.15) is 0 Å². The molecule has 1 aromatic heterocycles. The average molecular weight is 837 g/mol. The van der Waals surface area contributed by atoms with Crippen LogP contribution < -0.4 is 26.2 Å². The summed E-state index contributed by atoms with van der Waals surface area (Å²) in [6.07, 6.45) is 4.78. The van der Waals surface area contributed by atoms with Gasteiger partial charge in [0.15, 0.2) is 0 Å². The van der Waals surface area contributed by atoms with Crippen molar-refractivity contribution in [3.63, 3.8) is 0 Å². The molecule has 0 spiro atoms. The molecule has 0 bridgehead atoms. The summed E-state index contributed by atoms with van der Waals surface area (Å²) in [6.45, 7) is 38.7. The molecular weight excluding hydrogens is 768 g/mol. The fourth-order valence-corrected chi connectivity index (χ4v) is 13.0. The van der Waals surface area contributed by atoms with Crippen LogP contribution in [0.15, 0.2) is 78.9 Å². The van der Waals surface area contributed by atoms with Crippen molar-refractivity contribution in [1.82, 2.24) is 0 Å². The van der Waals surface area contributed by atoms with Gasteiger partial charge in [0.25, 0.3) is 6.71 Å². The summed E-state index contributed by atoms with van der Waals surface area (Å²) in [5.74, 6) is 0. The minimum absolute atomic E-state index is 0.0304. The van der Waals surface area contributed by atoms with Gasteiger partial charge in [0.05, 0.1) is 5.00 Å². The highest BCUT2D eigenvalue weighted by Crippen LogP contribution is 2.54. The van der Waals surface area contributed by atoms with Gasteiger partial charge in [-0.1, -0.05) is 133 Å². The van der Waals surface area contributed by atoms with E-state index >= 15 is 0 Å². The van der Waals surface area contributed by atoms with Crippen LogP contribution in [-0.4, -0.2) is 6.71 Å². The van der Waals surface area contributed by atoms with Gasteiger partial charge in [-0.25, -0.2) is 0 Å². The van der Waals surface area contributed by atoms with Crippen molar-refractivity contribution in [2.45, 2.75) is 169 Å². The highest BCUT2D eigenvalue weighted by Gasteiger charge is 2.49. The Hall–Kier alpha value is -4.28. The van der Waals surface area contributed by atoms with Gasteiger partial charge in [-0.05, 0) is 181 Å². The number of nitrogens with zero attached hydrogens (tertiary/aromatic N) is 2. The SMILES string of the molecule is Cc1cc2c3c(c1)N(c1ccc(C(C)(C)C)cc1)c1sc4ccc(C(C)(C)C)cc4c1B3c1cc3c(cc1N2c1cc2c(cc1C)C(C)(C)CCC2(C)C)C(C)(C)CCC3(C)C. The Kier molecular flexibility index (Phi) is 8.85. The first kappa shape index (κ1) is 41.7. The fourth-order valence-electron chi connectivity index (χ4n) is 11.8. The van der Waals surface area contributed by atoms with Crippen LogP contribution in [0.3, 0.4) is 0 Å². The fraction of sp³-hybridized carbons (Fsp3) is 0.448. The molecule has 0 amide bonds. The first-order valence-corrected chi connectivity index (χ1v) is 24.4. The number of benzene rings is 5. The van der Waals surface area contributed by atoms with E-state index in [1.165, 1.54) is 130 Å². The third kappa shape index (κ3) is 6.15. The maximum atomic E-state index is 2.74. The average Bonchev–Trinajstić information content (AvgIpc) is 3.56. The molecule has 0 N–H and O–H groups in total. The molecule has 0 unspecified atom stereocenters. The molecule has 0 saturated heterocycles. The molecule has 320 valence electrons. The van der Waals surface area contributed by atoms with Gasteiger partial charge in [0.2, 0.25) is 0 Å². The molecule has 3 heterocycles. The van der Waals surface area contributed by atoms with Gasteiger partial charge >= 0.3 is 0 Å². The lowest BCUT2D eigenvalue weighted by Crippen LogP contribution is -2.61. The number of anilines is 6. The normalized spacial score (nSPS) is 19.1. The van der Waals surface area contributed by atoms with Crippen LogP contribution in [0, 0.1) is 13.8 Å². The second kappa shape index (κ2) is 13.2. The molecule has 6 aromatic rings. The highest BCUT2D eigenvalue weighted by molar-refractivity contribution is 7.26. The van der Waals surface area contributed by atoms with Crippen molar-refractivity contribution in [2.75, 3.05) is 9.80 Å². The zero-order chi connectivity index (χ0) is 44.4. The van der Waals surface area contributed by atoms with Crippen LogP contribution in [-0.2, 0) is 32.5 Å². The Balaban J connectivity index is 1.35. The predicted molar refractivity (Wildman–Crippen MR) is 273 cm³/mol. The topological polar surface area (TPSA) is 6.48 Å². The summed E-state index contributed by atoms with van der Waals surface area (Å²) in [5.41, 5.74) is 22.9. The molecule has 2 nitrogen and oxygen atoms in total. The van der Waals surface area contributed by atoms with Crippen molar-refractivity contribution in [1.29, 1.82) is 0 Å². The third-order valence-corrected chi connectivity index (χ3v) is 17.2. The Morgan fingerprint density at radius 3 is 1.53 bits per heavy atom. The minimum Gasteiger partial charge on any atom is -0.311 e. The van der Waals surface area contributed by atoms with E-state index in [9.17, 15) is 0 Å². The lowest BCUT2D eigenvalue weighted by Gasteiger charge is -2.48. The third-order valence-electron chi connectivity index (χ3n) is 16.1. The Morgan fingerprint density at radius 2 is 0.984 bits per heavy atom. The Bertz CT molecular complexity index is 2850. The second-order valence-corrected chi connectivity index (χ2v) is 25.6. The Labute approximate surface area is 378 Å². The summed E-state index contributed by atoms with van der Waals surface area (Å²) in [5, 5.41) is 2.76. The molecule has 10 rings (SSSR count). The van der Waals surface area contributed by atoms with Gasteiger partial charge in [-0.3, -0.25) is 0 Å². The van der Waals surface area contributed by atoms with Crippen LogP contribution in [0.25, 0.3) is 10.1 Å². The van der Waals surface area contributed by atoms with Crippen molar-refractivity contribution in [3.8, 4) is 0 Å². The molecule has 0 saturated carbocycles. The lowest BCUT2D eigenvalue weighted by atomic mass is 9.33. The van der Waals surface area contributed by atoms with E-state index in [0.717, 1.165) is 0 Å². The van der Waals surface area contributed by atoms with Crippen molar-refractivity contribution < 1.29 is 0 Å². The molecule has 0 radical (unpaired) electrons. The summed E-state index contributed by atoms with van der Waals surface area (Å²) in [6, 6.07) is 32.5. The van der Waals surface area contributed by atoms with Crippen molar-refractivity contribution in [2.24, 2.45) is 0 Å². The maximum Gasteiger partial charge on any atom is 0.254 e. The lowest BCUT2D eigenvalue weighted by molar-refractivity contribution is 0.331. The number of hydrogen-bond donors (Lipinski definition) is 0. The first-order chi connectivity index (χ1) is 28.8. The largest absolute Gasteiger partial charge is 0.311 e. The van der Waals surface area contributed by atoms with Crippen LogP contribution in [0.5, 0.6) is 0 Å². The Morgan fingerprint density at radius 1 is 0.500 bits per heavy atom. The van der Waals surface area contributed by atoms with E-state index in [1.54, 1.807) is 0 Å². The molecular formula is C58H69BN2S. The smallest absolute Gasteiger partial charge is 0.254 e. The van der Waals surface area contributed by atoms with E-state index in [-0.39, 0.29) is 39.2 Å². The van der Waals surface area contributed by atoms with E-state index in [0.29, 0.717) is 0 Å². The van der Waals surface area contributed by atoms with Crippen LogP contribution in [0.4, 0.5) is 33.4 Å². The predicted octanol–water partition coefficient (Wildman–Crippen LogP) is 14.9. The van der Waals surface area contributed by atoms with Crippen LogP contribution in [0.1, 0.15) is 167 Å². The molecule has 4 aliphatic rings. The van der Waals surface area contributed by atoms with Crippen LogP contribution in [0.2, 0.25) is 0 Å².